The number of thioether (sulfide) groups is 1. The van der Waals surface area contributed by atoms with Crippen LogP contribution in [-0.2, 0) is 9.59 Å². The average molecular weight is 462 g/mol. The molecule has 1 N–H and O–H groups in total. The molecule has 8 heteroatoms. The van der Waals surface area contributed by atoms with Crippen molar-refractivity contribution in [3.05, 3.63) is 52.5 Å². The summed E-state index contributed by atoms with van der Waals surface area (Å²) in [5.41, 5.74) is 2.25. The number of carbonyl (C=O) groups is 2. The maximum Gasteiger partial charge on any atom is 0.305 e. The molecule has 0 aliphatic carbocycles. The first-order chi connectivity index (χ1) is 14.6. The van der Waals surface area contributed by atoms with Crippen LogP contribution < -0.4 is 14.4 Å². The van der Waals surface area contributed by atoms with E-state index in [2.05, 4.69) is 0 Å². The number of carboxylic acids is 1. The molecule has 31 heavy (non-hydrogen) atoms. The smallest absolute Gasteiger partial charge is 0.305 e. The maximum atomic E-state index is 13.6. The first-order valence-electron chi connectivity index (χ1n) is 10.0. The number of aliphatic carboxylic acids is 1. The van der Waals surface area contributed by atoms with Crippen LogP contribution in [0.5, 0.6) is 11.5 Å². The molecule has 2 aromatic rings. The number of amides is 1. The molecule has 2 unspecified atom stereocenters. The van der Waals surface area contributed by atoms with Gasteiger partial charge in [0.25, 0.3) is 0 Å². The molecule has 1 amide bonds. The normalized spacial score (nSPS) is 20.4. The second-order valence-electron chi connectivity index (χ2n) is 8.87. The summed E-state index contributed by atoms with van der Waals surface area (Å²) in [6, 6.07) is 11.1. The molecule has 6 nitrogen and oxygen atoms in total. The lowest BCUT2D eigenvalue weighted by molar-refractivity contribution is -0.138. The topological polar surface area (TPSA) is 76.1 Å². The van der Waals surface area contributed by atoms with E-state index in [1.807, 2.05) is 51.1 Å². The van der Waals surface area contributed by atoms with Crippen molar-refractivity contribution in [2.24, 2.45) is 5.41 Å². The number of ether oxygens (including phenoxy) is 2. The van der Waals surface area contributed by atoms with Gasteiger partial charge in [0.15, 0.2) is 11.5 Å². The summed E-state index contributed by atoms with van der Waals surface area (Å²) in [6.07, 6.45) is -0.269. The Hall–Kier alpha value is -2.38. The number of carbonyl (C=O) groups excluding carboxylic acids is 1. The van der Waals surface area contributed by atoms with Gasteiger partial charge < -0.3 is 19.5 Å². The fourth-order valence-electron chi connectivity index (χ4n) is 3.90. The van der Waals surface area contributed by atoms with Gasteiger partial charge in [-0.2, -0.15) is 0 Å². The summed E-state index contributed by atoms with van der Waals surface area (Å²) < 4.78 is 11.3. The molecule has 0 spiro atoms. The Labute approximate surface area is 190 Å². The number of carboxylic acid groups (broad SMARTS) is 1. The lowest BCUT2D eigenvalue weighted by Gasteiger charge is -2.31. The summed E-state index contributed by atoms with van der Waals surface area (Å²) in [4.78, 5) is 26.9. The van der Waals surface area contributed by atoms with Gasteiger partial charge in [0.1, 0.15) is 0 Å². The zero-order chi connectivity index (χ0) is 22.3. The largest absolute Gasteiger partial charge is 0.481 e. The summed E-state index contributed by atoms with van der Waals surface area (Å²) >= 11 is 7.70. The van der Waals surface area contributed by atoms with Crippen molar-refractivity contribution in [3.63, 3.8) is 0 Å². The van der Waals surface area contributed by atoms with E-state index in [1.165, 1.54) is 11.8 Å². The number of fused-ring (bicyclic) bond motifs is 2. The van der Waals surface area contributed by atoms with Crippen molar-refractivity contribution < 1.29 is 24.2 Å². The molecule has 164 valence electrons. The third-order valence-electron chi connectivity index (χ3n) is 5.11. The van der Waals surface area contributed by atoms with Crippen molar-refractivity contribution >= 4 is 40.9 Å². The molecular formula is C23H24ClNO5S. The predicted octanol–water partition coefficient (Wildman–Crippen LogP) is 5.13. The lowest BCUT2D eigenvalue weighted by Crippen LogP contribution is -2.42. The number of halogens is 1. The molecular weight excluding hydrogens is 438 g/mol. The Bertz CT molecular complexity index is 1040. The lowest BCUT2D eigenvalue weighted by atomic mass is 9.94. The van der Waals surface area contributed by atoms with Gasteiger partial charge in [0, 0.05) is 22.8 Å². The van der Waals surface area contributed by atoms with Crippen LogP contribution in [0.2, 0.25) is 5.02 Å². The summed E-state index contributed by atoms with van der Waals surface area (Å²) in [5.74, 6) is 0.0376. The summed E-state index contributed by atoms with van der Waals surface area (Å²) in [5, 5.41) is 8.97. The van der Waals surface area contributed by atoms with Gasteiger partial charge in [-0.25, -0.2) is 0 Å². The van der Waals surface area contributed by atoms with Crippen molar-refractivity contribution in [3.8, 4) is 11.5 Å². The van der Waals surface area contributed by atoms with E-state index < -0.39 is 11.2 Å². The van der Waals surface area contributed by atoms with Gasteiger partial charge in [-0.1, -0.05) is 44.5 Å². The minimum Gasteiger partial charge on any atom is -0.481 e. The van der Waals surface area contributed by atoms with E-state index in [4.69, 9.17) is 21.1 Å². The number of benzene rings is 2. The number of hydrogen-bond donors (Lipinski definition) is 1. The van der Waals surface area contributed by atoms with Gasteiger partial charge >= 0.3 is 5.97 Å². The quantitative estimate of drug-likeness (QED) is 0.680. The fraction of sp³-hybridized carbons (Fsp3) is 0.391. The van der Waals surface area contributed by atoms with Gasteiger partial charge in [0.2, 0.25) is 12.7 Å². The molecule has 0 saturated heterocycles. The van der Waals surface area contributed by atoms with Gasteiger partial charge in [0.05, 0.1) is 16.9 Å². The monoisotopic (exact) mass is 461 g/mol. The van der Waals surface area contributed by atoms with Crippen LogP contribution in [0, 0.1) is 5.41 Å². The second-order valence-corrected chi connectivity index (χ2v) is 10.6. The van der Waals surface area contributed by atoms with Gasteiger partial charge in [-0.05, 0) is 35.2 Å². The molecule has 2 aromatic carbocycles. The molecule has 0 bridgehead atoms. The molecule has 0 saturated carbocycles. The van der Waals surface area contributed by atoms with Crippen molar-refractivity contribution in [1.82, 2.24) is 0 Å². The van der Waals surface area contributed by atoms with Crippen LogP contribution >= 0.6 is 23.4 Å². The zero-order valence-electron chi connectivity index (χ0n) is 17.6. The third kappa shape index (κ3) is 4.48. The van der Waals surface area contributed by atoms with E-state index >= 15 is 0 Å². The molecule has 0 fully saturated rings. The minimum atomic E-state index is -1.01. The highest BCUT2D eigenvalue weighted by Crippen LogP contribution is 2.52. The Morgan fingerprint density at radius 2 is 2.00 bits per heavy atom. The van der Waals surface area contributed by atoms with Crippen molar-refractivity contribution in [2.45, 2.75) is 37.7 Å². The van der Waals surface area contributed by atoms with E-state index in [9.17, 15) is 14.7 Å². The standard InChI is InChI=1S/C23H24ClNO5S/c1-23(2,3)11-25-16-8-7-13(24)9-15(16)21(31-18(22(25)28)10-19(26)27)14-5-4-6-17-20(14)30-12-29-17/h4-9,18,21H,10-12H2,1-3H3,(H,26,27). The van der Waals surface area contributed by atoms with Crippen LogP contribution in [-0.4, -0.2) is 35.6 Å². The predicted molar refractivity (Wildman–Crippen MR) is 121 cm³/mol. The van der Waals surface area contributed by atoms with E-state index in [1.54, 1.807) is 11.0 Å². The van der Waals surface area contributed by atoms with Crippen LogP contribution in [0.15, 0.2) is 36.4 Å². The molecule has 2 aliphatic rings. The first-order valence-corrected chi connectivity index (χ1v) is 11.3. The molecule has 2 aliphatic heterocycles. The van der Waals surface area contributed by atoms with Crippen LogP contribution in [0.1, 0.15) is 43.6 Å². The van der Waals surface area contributed by atoms with E-state index in [0.717, 1.165) is 16.8 Å². The first kappa shape index (κ1) is 21.8. The number of nitrogens with zero attached hydrogens (tertiary/aromatic N) is 1. The van der Waals surface area contributed by atoms with Crippen LogP contribution in [0.25, 0.3) is 0 Å². The molecule has 0 radical (unpaired) electrons. The van der Waals surface area contributed by atoms with Crippen molar-refractivity contribution in [2.75, 3.05) is 18.2 Å². The Morgan fingerprint density at radius 3 is 2.71 bits per heavy atom. The van der Waals surface area contributed by atoms with Crippen LogP contribution in [0.4, 0.5) is 5.69 Å². The third-order valence-corrected chi connectivity index (χ3v) is 6.82. The Balaban J connectivity index is 1.91. The number of hydrogen-bond acceptors (Lipinski definition) is 5. The van der Waals surface area contributed by atoms with E-state index in [0.29, 0.717) is 23.1 Å². The highest BCUT2D eigenvalue weighted by atomic mass is 35.5. The summed E-state index contributed by atoms with van der Waals surface area (Å²) in [7, 11) is 0. The van der Waals surface area contributed by atoms with Crippen LogP contribution in [0.3, 0.4) is 0 Å². The van der Waals surface area contributed by atoms with E-state index in [-0.39, 0.29) is 29.8 Å². The number of rotatable bonds is 4. The minimum absolute atomic E-state index is 0.125. The second kappa shape index (κ2) is 8.28. The Morgan fingerprint density at radius 1 is 1.23 bits per heavy atom. The molecule has 2 atom stereocenters. The van der Waals surface area contributed by atoms with Gasteiger partial charge in [-0.15, -0.1) is 11.8 Å². The molecule has 4 rings (SSSR count). The summed E-state index contributed by atoms with van der Waals surface area (Å²) in [6.45, 7) is 6.72. The van der Waals surface area contributed by atoms with Crippen molar-refractivity contribution in [1.29, 1.82) is 0 Å². The average Bonchev–Trinajstić information content (AvgIpc) is 3.13. The molecule has 0 aromatic heterocycles. The Kier molecular flexibility index (Phi) is 5.83. The van der Waals surface area contributed by atoms with Gasteiger partial charge in [-0.3, -0.25) is 9.59 Å². The number of anilines is 1. The highest BCUT2D eigenvalue weighted by molar-refractivity contribution is 8.01. The number of para-hydroxylation sites is 1. The highest BCUT2D eigenvalue weighted by Gasteiger charge is 2.40. The maximum absolute atomic E-state index is 13.6. The molecule has 2 heterocycles. The SMILES string of the molecule is CC(C)(C)CN1C(=O)C(CC(=O)O)SC(c2cccc3c2OCO3)c2cc(Cl)ccc21. The zero-order valence-corrected chi connectivity index (χ0v) is 19.1. The fourth-order valence-corrected chi connectivity index (χ4v) is 5.56.